The van der Waals surface area contributed by atoms with Gasteiger partial charge in [0, 0.05) is 11.3 Å². The van der Waals surface area contributed by atoms with Gasteiger partial charge in [-0.05, 0) is 42.2 Å². The Morgan fingerprint density at radius 2 is 1.82 bits per heavy atom. The second-order valence-corrected chi connectivity index (χ2v) is 11.8. The predicted octanol–water partition coefficient (Wildman–Crippen LogP) is 3.02. The molecule has 150 valence electrons. The molecule has 1 aliphatic heterocycles. The van der Waals surface area contributed by atoms with Gasteiger partial charge in [-0.2, -0.15) is 0 Å². The minimum atomic E-state index is -3.82. The van der Waals surface area contributed by atoms with Gasteiger partial charge in [0.2, 0.25) is 0 Å². The van der Waals surface area contributed by atoms with Crippen LogP contribution < -0.4 is 5.32 Å². The maximum Gasteiger partial charge on any atom is 0.255 e. The Balaban J connectivity index is 1.87. The van der Waals surface area contributed by atoms with E-state index < -0.39 is 30.8 Å². The van der Waals surface area contributed by atoms with Crippen LogP contribution in [0.25, 0.3) is 0 Å². The molecule has 1 heterocycles. The highest BCUT2D eigenvalue weighted by atomic mass is 32.2. The molecule has 0 unspecified atom stereocenters. The Hall–Kier alpha value is -2.19. The Labute approximate surface area is 165 Å². The third-order valence-corrected chi connectivity index (χ3v) is 9.06. The van der Waals surface area contributed by atoms with E-state index in [1.807, 2.05) is 32.0 Å². The monoisotopic (exact) mass is 421 g/mol. The molecule has 1 amide bonds. The smallest absolute Gasteiger partial charge is 0.255 e. The van der Waals surface area contributed by atoms with Crippen LogP contribution in [0.3, 0.4) is 0 Å². The summed E-state index contributed by atoms with van der Waals surface area (Å²) in [5, 5.41) is 1.88. The van der Waals surface area contributed by atoms with Gasteiger partial charge in [-0.1, -0.05) is 38.1 Å². The number of sulfone groups is 2. The average molecular weight is 422 g/mol. The zero-order valence-electron chi connectivity index (χ0n) is 15.8. The van der Waals surface area contributed by atoms with Crippen LogP contribution in [0, 0.1) is 0 Å². The van der Waals surface area contributed by atoms with Crippen molar-refractivity contribution in [3.05, 3.63) is 59.7 Å². The quantitative estimate of drug-likeness (QED) is 0.800. The fraction of sp³-hybridized carbons (Fsp3) is 0.350. The number of hydrogen-bond donors (Lipinski definition) is 1. The van der Waals surface area contributed by atoms with Crippen LogP contribution in [-0.2, 0) is 19.7 Å². The van der Waals surface area contributed by atoms with Gasteiger partial charge in [0.05, 0.1) is 21.7 Å². The summed E-state index contributed by atoms with van der Waals surface area (Å²) in [5.41, 5.74) is 1.87. The highest BCUT2D eigenvalue weighted by Gasteiger charge is 2.38. The van der Waals surface area contributed by atoms with Gasteiger partial charge in [-0.3, -0.25) is 4.79 Å². The fourth-order valence-electron chi connectivity index (χ4n) is 3.32. The van der Waals surface area contributed by atoms with E-state index in [1.165, 1.54) is 24.3 Å². The fourth-order valence-corrected chi connectivity index (χ4v) is 7.72. The van der Waals surface area contributed by atoms with E-state index >= 15 is 0 Å². The average Bonchev–Trinajstić information content (AvgIpc) is 3.02. The van der Waals surface area contributed by atoms with Crippen LogP contribution in [0.1, 0.15) is 42.1 Å². The Kier molecular flexibility index (Phi) is 5.63. The first-order valence-electron chi connectivity index (χ1n) is 9.05. The lowest BCUT2D eigenvalue weighted by Gasteiger charge is -2.14. The Bertz CT molecular complexity index is 1100. The highest BCUT2D eigenvalue weighted by molar-refractivity contribution is 7.96. The maximum atomic E-state index is 12.8. The summed E-state index contributed by atoms with van der Waals surface area (Å²) in [4.78, 5) is 12.7. The zero-order chi connectivity index (χ0) is 20.5. The van der Waals surface area contributed by atoms with E-state index in [1.54, 1.807) is 6.07 Å². The molecule has 28 heavy (non-hydrogen) atoms. The van der Waals surface area contributed by atoms with Crippen LogP contribution in [0.15, 0.2) is 53.4 Å². The first-order valence-corrected chi connectivity index (χ1v) is 12.4. The van der Waals surface area contributed by atoms with Crippen LogP contribution in [0.2, 0.25) is 0 Å². The van der Waals surface area contributed by atoms with Gasteiger partial charge in [0.1, 0.15) is 0 Å². The number of carbonyl (C=O) groups excluding carboxylic acids is 1. The third kappa shape index (κ3) is 4.28. The van der Waals surface area contributed by atoms with Gasteiger partial charge < -0.3 is 5.32 Å². The Morgan fingerprint density at radius 3 is 2.46 bits per heavy atom. The molecule has 1 atom stereocenters. The minimum absolute atomic E-state index is 0.0283. The van der Waals surface area contributed by atoms with Crippen molar-refractivity contribution < 1.29 is 21.6 Å². The van der Waals surface area contributed by atoms with Crippen molar-refractivity contribution in [2.75, 3.05) is 16.8 Å². The van der Waals surface area contributed by atoms with Gasteiger partial charge in [-0.25, -0.2) is 16.8 Å². The summed E-state index contributed by atoms with van der Waals surface area (Å²) in [6, 6.07) is 13.2. The molecule has 0 saturated carbocycles. The molecule has 2 aromatic rings. The third-order valence-electron chi connectivity index (χ3n) is 4.89. The lowest BCUT2D eigenvalue weighted by molar-refractivity contribution is 0.102. The number of nitrogens with one attached hydrogen (secondary N) is 1. The maximum absolute atomic E-state index is 12.8. The summed E-state index contributed by atoms with van der Waals surface area (Å²) >= 11 is 0. The summed E-state index contributed by atoms with van der Waals surface area (Å²) < 4.78 is 48.9. The van der Waals surface area contributed by atoms with Crippen molar-refractivity contribution in [1.29, 1.82) is 0 Å². The SMILES string of the molecule is CC(C)c1ccccc1NC(=O)c1cccc(S(=O)(=O)[C@H]2CCS(=O)(=O)C2)c1. The summed E-state index contributed by atoms with van der Waals surface area (Å²) in [6.07, 6.45) is 0.0862. The molecule has 1 saturated heterocycles. The molecule has 6 nitrogen and oxygen atoms in total. The second kappa shape index (κ2) is 7.67. The zero-order valence-corrected chi connectivity index (χ0v) is 17.4. The summed E-state index contributed by atoms with van der Waals surface area (Å²) in [5.74, 6) is -0.687. The predicted molar refractivity (Wildman–Crippen MR) is 109 cm³/mol. The molecule has 0 aliphatic carbocycles. The van der Waals surface area contributed by atoms with E-state index in [2.05, 4.69) is 5.32 Å². The lowest BCUT2D eigenvalue weighted by atomic mass is 10.0. The van der Waals surface area contributed by atoms with Gasteiger partial charge in [0.15, 0.2) is 19.7 Å². The van der Waals surface area contributed by atoms with E-state index in [-0.39, 0.29) is 34.3 Å². The lowest BCUT2D eigenvalue weighted by Crippen LogP contribution is -2.23. The van der Waals surface area contributed by atoms with Crippen molar-refractivity contribution in [3.63, 3.8) is 0 Å². The number of rotatable bonds is 5. The largest absolute Gasteiger partial charge is 0.322 e. The number of amides is 1. The molecule has 0 bridgehead atoms. The van der Waals surface area contributed by atoms with Gasteiger partial charge in [0.25, 0.3) is 5.91 Å². The van der Waals surface area contributed by atoms with Crippen molar-refractivity contribution in [1.82, 2.24) is 0 Å². The molecule has 0 aromatic heterocycles. The molecule has 1 fully saturated rings. The topological polar surface area (TPSA) is 97.4 Å². The molecule has 8 heteroatoms. The number of carbonyl (C=O) groups is 1. The molecular weight excluding hydrogens is 398 g/mol. The molecule has 1 aliphatic rings. The molecule has 2 aromatic carbocycles. The van der Waals surface area contributed by atoms with Crippen LogP contribution in [0.4, 0.5) is 5.69 Å². The van der Waals surface area contributed by atoms with Crippen LogP contribution >= 0.6 is 0 Å². The van der Waals surface area contributed by atoms with Crippen molar-refractivity contribution in [2.24, 2.45) is 0 Å². The number of para-hydroxylation sites is 1. The summed E-state index contributed by atoms with van der Waals surface area (Å²) in [7, 11) is -7.14. The Morgan fingerprint density at radius 1 is 1.11 bits per heavy atom. The van der Waals surface area contributed by atoms with Crippen molar-refractivity contribution in [3.8, 4) is 0 Å². The van der Waals surface area contributed by atoms with Gasteiger partial charge >= 0.3 is 0 Å². The van der Waals surface area contributed by atoms with E-state index in [9.17, 15) is 21.6 Å². The van der Waals surface area contributed by atoms with E-state index in [0.29, 0.717) is 5.69 Å². The standard InChI is InChI=1S/C20H23NO5S2/c1-14(2)18-8-3-4-9-19(18)21-20(22)15-6-5-7-16(12-15)28(25,26)17-10-11-27(23,24)13-17/h3-9,12,14,17H,10-11,13H2,1-2H3,(H,21,22)/t17-/m0/s1. The molecule has 1 N–H and O–H groups in total. The number of benzene rings is 2. The van der Waals surface area contributed by atoms with Crippen molar-refractivity contribution >= 4 is 31.3 Å². The van der Waals surface area contributed by atoms with Crippen LogP contribution in [-0.4, -0.2) is 39.5 Å². The normalized spacial score (nSPS) is 18.9. The van der Waals surface area contributed by atoms with E-state index in [0.717, 1.165) is 5.56 Å². The molecule has 3 rings (SSSR count). The number of anilines is 1. The second-order valence-electron chi connectivity index (χ2n) is 7.29. The first kappa shape index (κ1) is 20.5. The molecule has 0 radical (unpaired) electrons. The first-order chi connectivity index (χ1) is 13.1. The van der Waals surface area contributed by atoms with Gasteiger partial charge in [-0.15, -0.1) is 0 Å². The molecular formula is C20H23NO5S2. The molecule has 0 spiro atoms. The van der Waals surface area contributed by atoms with Crippen molar-refractivity contribution in [2.45, 2.75) is 36.3 Å². The highest BCUT2D eigenvalue weighted by Crippen LogP contribution is 2.27. The number of hydrogen-bond acceptors (Lipinski definition) is 5. The minimum Gasteiger partial charge on any atom is -0.322 e. The van der Waals surface area contributed by atoms with E-state index in [4.69, 9.17) is 0 Å². The summed E-state index contributed by atoms with van der Waals surface area (Å²) in [6.45, 7) is 4.04. The van der Waals surface area contributed by atoms with Crippen LogP contribution in [0.5, 0.6) is 0 Å².